The summed E-state index contributed by atoms with van der Waals surface area (Å²) in [5.41, 5.74) is 1.61. The second-order valence-electron chi connectivity index (χ2n) is 5.92. The summed E-state index contributed by atoms with van der Waals surface area (Å²) < 4.78 is 11.9. The highest BCUT2D eigenvalue weighted by atomic mass is 35.5. The molecule has 1 heterocycles. The predicted octanol–water partition coefficient (Wildman–Crippen LogP) is 4.01. The third-order valence-corrected chi connectivity index (χ3v) is 5.39. The fraction of sp³-hybridized carbons (Fsp3) is 0.250. The highest BCUT2D eigenvalue weighted by Crippen LogP contribution is 2.32. The third-order valence-electron chi connectivity index (χ3n) is 4.07. The molecule has 3 rings (SSSR count). The van der Waals surface area contributed by atoms with Crippen LogP contribution >= 0.6 is 23.4 Å². The summed E-state index contributed by atoms with van der Waals surface area (Å²) in [6.07, 6.45) is 0. The number of benzene rings is 2. The fourth-order valence-corrected chi connectivity index (χ4v) is 3.69. The van der Waals surface area contributed by atoms with Crippen molar-refractivity contribution in [1.29, 1.82) is 0 Å². The van der Waals surface area contributed by atoms with Crippen LogP contribution in [0.1, 0.15) is 12.5 Å². The minimum Gasteiger partial charge on any atom is -0.495 e. The van der Waals surface area contributed by atoms with Gasteiger partial charge in [0.15, 0.2) is 5.16 Å². The normalized spacial score (nSPS) is 10.9. The van der Waals surface area contributed by atoms with E-state index in [0.717, 1.165) is 17.3 Å². The summed E-state index contributed by atoms with van der Waals surface area (Å²) in [4.78, 5) is 29.7. The molecule has 0 fully saturated rings. The van der Waals surface area contributed by atoms with Crippen molar-refractivity contribution < 1.29 is 14.3 Å². The summed E-state index contributed by atoms with van der Waals surface area (Å²) >= 11 is 7.35. The first-order chi connectivity index (χ1) is 13.5. The van der Waals surface area contributed by atoms with Crippen LogP contribution in [0.25, 0.3) is 16.6 Å². The van der Waals surface area contributed by atoms with Gasteiger partial charge in [0.1, 0.15) is 5.75 Å². The maximum atomic E-state index is 13.3. The molecule has 0 radical (unpaired) electrons. The minimum absolute atomic E-state index is 0.0352. The first kappa shape index (κ1) is 20.2. The average Bonchev–Trinajstić information content (AvgIpc) is 2.69. The van der Waals surface area contributed by atoms with E-state index in [-0.39, 0.29) is 17.3 Å². The van der Waals surface area contributed by atoms with E-state index in [1.54, 1.807) is 37.3 Å². The Kier molecular flexibility index (Phi) is 6.26. The molecule has 0 atom stereocenters. The number of hydrogen-bond donors (Lipinski definition) is 0. The Labute approximate surface area is 171 Å². The summed E-state index contributed by atoms with van der Waals surface area (Å²) in [5.74, 6) is 0.0986. The smallest absolute Gasteiger partial charge is 0.316 e. The van der Waals surface area contributed by atoms with Crippen LogP contribution in [0, 0.1) is 6.92 Å². The number of halogens is 1. The molecule has 3 aromatic rings. The predicted molar refractivity (Wildman–Crippen MR) is 111 cm³/mol. The average molecular weight is 419 g/mol. The Morgan fingerprint density at radius 3 is 2.75 bits per heavy atom. The van der Waals surface area contributed by atoms with Gasteiger partial charge in [-0.05, 0) is 37.6 Å². The number of hydrogen-bond acceptors (Lipinski definition) is 6. The summed E-state index contributed by atoms with van der Waals surface area (Å²) in [5, 5.41) is 1.37. The second kappa shape index (κ2) is 8.67. The minimum atomic E-state index is -0.374. The molecule has 8 heteroatoms. The van der Waals surface area contributed by atoms with E-state index in [9.17, 15) is 9.59 Å². The fourth-order valence-electron chi connectivity index (χ4n) is 2.73. The SMILES string of the molecule is CCOC(=O)CSc1nc2ccccc2c(=O)n1-c1cc(C)c(Cl)cc1OC. The lowest BCUT2D eigenvalue weighted by atomic mass is 10.2. The quantitative estimate of drug-likeness (QED) is 0.342. The molecule has 0 aliphatic carbocycles. The molecular formula is C20H19ClN2O4S. The van der Waals surface area contributed by atoms with Crippen LogP contribution in [0.4, 0.5) is 0 Å². The van der Waals surface area contributed by atoms with Crippen LogP contribution < -0.4 is 10.3 Å². The molecule has 0 N–H and O–H groups in total. The molecule has 0 aliphatic rings. The van der Waals surface area contributed by atoms with Gasteiger partial charge in [0.05, 0.1) is 36.1 Å². The van der Waals surface area contributed by atoms with Gasteiger partial charge in [0, 0.05) is 11.1 Å². The Morgan fingerprint density at radius 2 is 2.04 bits per heavy atom. The van der Waals surface area contributed by atoms with Gasteiger partial charge in [-0.15, -0.1) is 0 Å². The summed E-state index contributed by atoms with van der Waals surface area (Å²) in [6.45, 7) is 3.88. The molecule has 0 spiro atoms. The number of ether oxygens (including phenoxy) is 2. The monoisotopic (exact) mass is 418 g/mol. The number of aryl methyl sites for hydroxylation is 1. The maximum absolute atomic E-state index is 13.3. The van der Waals surface area contributed by atoms with Crippen LogP contribution in [-0.2, 0) is 9.53 Å². The van der Waals surface area contributed by atoms with Crippen LogP contribution in [0.3, 0.4) is 0 Å². The molecule has 0 bridgehead atoms. The molecule has 6 nitrogen and oxygen atoms in total. The van der Waals surface area contributed by atoms with Gasteiger partial charge >= 0.3 is 5.97 Å². The van der Waals surface area contributed by atoms with E-state index in [1.165, 1.54) is 11.7 Å². The molecule has 2 aromatic carbocycles. The van der Waals surface area contributed by atoms with Crippen molar-refractivity contribution in [2.24, 2.45) is 0 Å². The van der Waals surface area contributed by atoms with Crippen molar-refractivity contribution >= 4 is 40.2 Å². The van der Waals surface area contributed by atoms with Gasteiger partial charge < -0.3 is 9.47 Å². The lowest BCUT2D eigenvalue weighted by Crippen LogP contribution is -2.23. The van der Waals surface area contributed by atoms with Crippen LogP contribution in [0.15, 0.2) is 46.3 Å². The molecule has 1 aromatic heterocycles. The van der Waals surface area contributed by atoms with Gasteiger partial charge in [-0.2, -0.15) is 0 Å². The Morgan fingerprint density at radius 1 is 1.29 bits per heavy atom. The van der Waals surface area contributed by atoms with Gasteiger partial charge in [-0.1, -0.05) is 35.5 Å². The van der Waals surface area contributed by atoms with Gasteiger partial charge in [0.25, 0.3) is 5.56 Å². The standard InChI is InChI=1S/C20H19ClN2O4S/c1-4-27-18(24)11-28-20-22-15-8-6-5-7-13(15)19(25)23(20)16-9-12(2)14(21)10-17(16)26-3/h5-10H,4,11H2,1-3H3. The van der Waals surface area contributed by atoms with E-state index in [2.05, 4.69) is 4.98 Å². The van der Waals surface area contributed by atoms with E-state index in [0.29, 0.717) is 39.1 Å². The first-order valence-electron chi connectivity index (χ1n) is 8.61. The van der Waals surface area contributed by atoms with Crippen LogP contribution in [0.5, 0.6) is 5.75 Å². The summed E-state index contributed by atoms with van der Waals surface area (Å²) in [7, 11) is 1.51. The van der Waals surface area contributed by atoms with Crippen molar-refractivity contribution in [2.75, 3.05) is 19.5 Å². The Balaban J connectivity index is 2.24. The Bertz CT molecular complexity index is 1100. The highest BCUT2D eigenvalue weighted by molar-refractivity contribution is 7.99. The van der Waals surface area contributed by atoms with Gasteiger partial charge in [0.2, 0.25) is 0 Å². The largest absolute Gasteiger partial charge is 0.495 e. The molecule has 0 amide bonds. The lowest BCUT2D eigenvalue weighted by Gasteiger charge is -2.17. The number of methoxy groups -OCH3 is 1. The first-order valence-corrected chi connectivity index (χ1v) is 9.97. The Hall–Kier alpha value is -2.51. The number of esters is 1. The molecular weight excluding hydrogens is 400 g/mol. The molecule has 0 saturated heterocycles. The molecule has 28 heavy (non-hydrogen) atoms. The maximum Gasteiger partial charge on any atom is 0.316 e. The molecule has 146 valence electrons. The lowest BCUT2D eigenvalue weighted by molar-refractivity contribution is -0.139. The van der Waals surface area contributed by atoms with Crippen LogP contribution in [-0.4, -0.2) is 35.0 Å². The van der Waals surface area contributed by atoms with E-state index >= 15 is 0 Å². The number of aromatic nitrogens is 2. The van der Waals surface area contributed by atoms with E-state index in [4.69, 9.17) is 21.1 Å². The van der Waals surface area contributed by atoms with Crippen molar-refractivity contribution in [2.45, 2.75) is 19.0 Å². The van der Waals surface area contributed by atoms with Crippen molar-refractivity contribution in [3.05, 3.63) is 57.3 Å². The van der Waals surface area contributed by atoms with Crippen LogP contribution in [0.2, 0.25) is 5.02 Å². The van der Waals surface area contributed by atoms with E-state index in [1.807, 2.05) is 13.0 Å². The van der Waals surface area contributed by atoms with Gasteiger partial charge in [-0.25, -0.2) is 4.98 Å². The number of para-hydroxylation sites is 1. The van der Waals surface area contributed by atoms with Crippen molar-refractivity contribution in [3.63, 3.8) is 0 Å². The topological polar surface area (TPSA) is 70.4 Å². The molecule has 0 saturated carbocycles. The number of carbonyl (C=O) groups excluding carboxylic acids is 1. The zero-order valence-corrected chi connectivity index (χ0v) is 17.3. The second-order valence-corrected chi connectivity index (χ2v) is 7.27. The van der Waals surface area contributed by atoms with Crippen molar-refractivity contribution in [1.82, 2.24) is 9.55 Å². The third kappa shape index (κ3) is 4.00. The molecule has 0 unspecified atom stereocenters. The summed E-state index contributed by atoms with van der Waals surface area (Å²) in [6, 6.07) is 10.5. The number of fused-ring (bicyclic) bond motifs is 1. The van der Waals surface area contributed by atoms with E-state index < -0.39 is 0 Å². The van der Waals surface area contributed by atoms with Crippen molar-refractivity contribution in [3.8, 4) is 11.4 Å². The van der Waals surface area contributed by atoms with Gasteiger partial charge in [-0.3, -0.25) is 14.2 Å². The zero-order chi connectivity index (χ0) is 20.3. The number of carbonyl (C=O) groups is 1. The highest BCUT2D eigenvalue weighted by Gasteiger charge is 2.19. The number of rotatable bonds is 6. The molecule has 0 aliphatic heterocycles. The number of thioether (sulfide) groups is 1. The number of nitrogens with zero attached hydrogens (tertiary/aromatic N) is 2. The zero-order valence-electron chi connectivity index (χ0n) is 15.7.